The minimum atomic E-state index is -0.224. The third kappa shape index (κ3) is 5.89. The van der Waals surface area contributed by atoms with Crippen LogP contribution in [0.25, 0.3) is 6.08 Å². The van der Waals surface area contributed by atoms with Crippen LogP contribution in [0.3, 0.4) is 0 Å². The summed E-state index contributed by atoms with van der Waals surface area (Å²) in [6.07, 6.45) is 1.79. The average molecular weight is 658 g/mol. The molecule has 0 aliphatic carbocycles. The highest BCUT2D eigenvalue weighted by molar-refractivity contribution is 14.1. The van der Waals surface area contributed by atoms with E-state index in [0.29, 0.717) is 48.8 Å². The van der Waals surface area contributed by atoms with Crippen LogP contribution < -0.4 is 19.1 Å². The molecule has 0 unspecified atom stereocenters. The molecule has 1 amide bonds. The predicted molar refractivity (Wildman–Crippen MR) is 155 cm³/mol. The summed E-state index contributed by atoms with van der Waals surface area (Å²) >= 11 is 21.1. The highest BCUT2D eigenvalue weighted by Gasteiger charge is 2.33. The summed E-state index contributed by atoms with van der Waals surface area (Å²) in [6.45, 7) is 0.367. The molecule has 5 nitrogen and oxygen atoms in total. The molecule has 1 saturated heterocycles. The van der Waals surface area contributed by atoms with Crippen LogP contribution in [0.4, 0.5) is 5.69 Å². The van der Waals surface area contributed by atoms with Crippen LogP contribution in [-0.2, 0) is 11.4 Å². The predicted octanol–water partition coefficient (Wildman–Crippen LogP) is 7.60. The van der Waals surface area contributed by atoms with Gasteiger partial charge in [0.1, 0.15) is 12.4 Å². The number of thiocarbonyl (C=S) groups is 1. The first kappa shape index (κ1) is 26.1. The number of ether oxygens (including phenoxy) is 3. The Kier molecular flexibility index (Phi) is 8.49. The van der Waals surface area contributed by atoms with Crippen molar-refractivity contribution in [3.8, 4) is 17.2 Å². The van der Waals surface area contributed by atoms with Gasteiger partial charge in [-0.2, -0.15) is 0 Å². The van der Waals surface area contributed by atoms with Gasteiger partial charge >= 0.3 is 0 Å². The van der Waals surface area contributed by atoms with Crippen molar-refractivity contribution < 1.29 is 19.0 Å². The van der Waals surface area contributed by atoms with Crippen molar-refractivity contribution in [2.45, 2.75) is 6.61 Å². The van der Waals surface area contributed by atoms with E-state index in [0.717, 1.165) is 14.7 Å². The standard InChI is InChI=1S/C25H18Cl2INO4S2/c1-31-20-8-7-17(12-18(20)27)29-24(30)22(35-25(29)34)11-15-9-19(28)23(21(10-15)32-2)33-13-14-3-5-16(26)6-4-14/h3-12H,13H2,1-2H3/b22-11+. The summed E-state index contributed by atoms with van der Waals surface area (Å²) in [6, 6.07) is 16.3. The number of anilines is 1. The van der Waals surface area contributed by atoms with Crippen LogP contribution in [0.2, 0.25) is 10.0 Å². The second-order valence-corrected chi connectivity index (χ2v) is 11.0. The fraction of sp³-hybridized carbons (Fsp3) is 0.120. The molecule has 0 N–H and O–H groups in total. The van der Waals surface area contributed by atoms with Crippen molar-refractivity contribution in [1.29, 1.82) is 0 Å². The highest BCUT2D eigenvalue weighted by Crippen LogP contribution is 2.40. The average Bonchev–Trinajstić information content (AvgIpc) is 3.11. The van der Waals surface area contributed by atoms with E-state index >= 15 is 0 Å². The summed E-state index contributed by atoms with van der Waals surface area (Å²) in [4.78, 5) is 15.1. The van der Waals surface area contributed by atoms with Crippen molar-refractivity contribution in [2.24, 2.45) is 0 Å². The quantitative estimate of drug-likeness (QED) is 0.148. The zero-order chi connectivity index (χ0) is 25.1. The zero-order valence-electron chi connectivity index (χ0n) is 18.5. The largest absolute Gasteiger partial charge is 0.495 e. The molecule has 1 heterocycles. The molecule has 3 aromatic rings. The van der Waals surface area contributed by atoms with Crippen LogP contribution in [0.15, 0.2) is 59.5 Å². The maximum absolute atomic E-state index is 13.2. The SMILES string of the molecule is COc1ccc(N2C(=O)/C(=C\c3cc(I)c(OCc4ccc(Cl)cc4)c(OC)c3)SC2=S)cc1Cl. The lowest BCUT2D eigenvalue weighted by Crippen LogP contribution is -2.27. The number of hydrogen-bond acceptors (Lipinski definition) is 6. The van der Waals surface area contributed by atoms with Crippen LogP contribution in [0, 0.1) is 3.57 Å². The van der Waals surface area contributed by atoms with Crippen molar-refractivity contribution >= 4 is 91.8 Å². The molecule has 0 spiro atoms. The van der Waals surface area contributed by atoms with Gasteiger partial charge in [0.05, 0.1) is 33.4 Å². The van der Waals surface area contributed by atoms with E-state index in [2.05, 4.69) is 22.6 Å². The topological polar surface area (TPSA) is 48.0 Å². The molecule has 4 rings (SSSR count). The van der Waals surface area contributed by atoms with Gasteiger partial charge in [-0.05, 0) is 82.3 Å². The Bertz CT molecular complexity index is 1330. The molecule has 0 aromatic heterocycles. The van der Waals surface area contributed by atoms with Gasteiger partial charge in [0.2, 0.25) is 0 Å². The van der Waals surface area contributed by atoms with Gasteiger partial charge in [0, 0.05) is 5.02 Å². The van der Waals surface area contributed by atoms with E-state index in [1.165, 1.54) is 23.8 Å². The lowest BCUT2D eigenvalue weighted by Gasteiger charge is -2.16. The Morgan fingerprint density at radius 2 is 1.74 bits per heavy atom. The minimum Gasteiger partial charge on any atom is -0.495 e. The Balaban J connectivity index is 1.57. The van der Waals surface area contributed by atoms with Gasteiger partial charge in [-0.25, -0.2) is 0 Å². The third-order valence-corrected chi connectivity index (χ3v) is 7.68. The Morgan fingerprint density at radius 3 is 2.40 bits per heavy atom. The molecular formula is C25H18Cl2INO4S2. The Morgan fingerprint density at radius 1 is 1.03 bits per heavy atom. The van der Waals surface area contributed by atoms with Gasteiger partial charge in [-0.1, -0.05) is 59.3 Å². The smallest absolute Gasteiger partial charge is 0.270 e. The van der Waals surface area contributed by atoms with E-state index < -0.39 is 0 Å². The van der Waals surface area contributed by atoms with Gasteiger partial charge in [-0.15, -0.1) is 0 Å². The van der Waals surface area contributed by atoms with E-state index in [1.54, 1.807) is 31.4 Å². The maximum Gasteiger partial charge on any atom is 0.270 e. The number of halogens is 3. The van der Waals surface area contributed by atoms with E-state index in [-0.39, 0.29) is 5.91 Å². The molecular weight excluding hydrogens is 640 g/mol. The summed E-state index contributed by atoms with van der Waals surface area (Å²) in [7, 11) is 3.12. The highest BCUT2D eigenvalue weighted by atomic mass is 127. The monoisotopic (exact) mass is 657 g/mol. The summed E-state index contributed by atoms with van der Waals surface area (Å²) in [5.41, 5.74) is 2.36. The first-order valence-electron chi connectivity index (χ1n) is 10.2. The summed E-state index contributed by atoms with van der Waals surface area (Å²) < 4.78 is 18.1. The number of hydrogen-bond donors (Lipinski definition) is 0. The molecule has 0 bridgehead atoms. The number of thioether (sulfide) groups is 1. The molecule has 0 radical (unpaired) electrons. The van der Waals surface area contributed by atoms with Crippen LogP contribution in [0.1, 0.15) is 11.1 Å². The second-order valence-electron chi connectivity index (χ2n) is 7.29. The van der Waals surface area contributed by atoms with E-state index in [1.807, 2.05) is 36.4 Å². The molecule has 1 aliphatic heterocycles. The number of rotatable bonds is 7. The lowest BCUT2D eigenvalue weighted by molar-refractivity contribution is -0.113. The van der Waals surface area contributed by atoms with E-state index in [4.69, 9.17) is 49.6 Å². The minimum absolute atomic E-state index is 0.224. The van der Waals surface area contributed by atoms with Gasteiger partial charge < -0.3 is 14.2 Å². The first-order valence-corrected chi connectivity index (χ1v) is 13.2. The third-order valence-electron chi connectivity index (χ3n) is 5.03. The number of benzene rings is 3. The molecule has 1 aliphatic rings. The maximum atomic E-state index is 13.2. The fourth-order valence-corrected chi connectivity index (χ4v) is 5.79. The number of methoxy groups -OCH3 is 2. The number of amides is 1. The van der Waals surface area contributed by atoms with E-state index in [9.17, 15) is 4.79 Å². The summed E-state index contributed by atoms with van der Waals surface area (Å²) in [5, 5.41) is 1.07. The van der Waals surface area contributed by atoms with Crippen molar-refractivity contribution in [1.82, 2.24) is 0 Å². The number of nitrogens with zero attached hydrogens (tertiary/aromatic N) is 1. The number of carbonyl (C=O) groups is 1. The Labute approximate surface area is 236 Å². The Hall–Kier alpha value is -1.98. The number of carbonyl (C=O) groups excluding carboxylic acids is 1. The van der Waals surface area contributed by atoms with Gasteiger partial charge in [0.15, 0.2) is 15.8 Å². The van der Waals surface area contributed by atoms with Crippen LogP contribution in [-0.4, -0.2) is 24.4 Å². The molecule has 0 atom stereocenters. The zero-order valence-corrected chi connectivity index (χ0v) is 23.8. The normalized spacial score (nSPS) is 14.5. The lowest BCUT2D eigenvalue weighted by atomic mass is 10.1. The summed E-state index contributed by atoms with van der Waals surface area (Å²) in [5.74, 6) is 1.49. The van der Waals surface area contributed by atoms with Gasteiger partial charge in [0.25, 0.3) is 5.91 Å². The molecule has 180 valence electrons. The van der Waals surface area contributed by atoms with Crippen molar-refractivity contribution in [2.75, 3.05) is 19.1 Å². The first-order chi connectivity index (χ1) is 16.8. The van der Waals surface area contributed by atoms with Crippen molar-refractivity contribution in [3.05, 3.63) is 84.2 Å². The molecule has 3 aromatic carbocycles. The molecule has 1 fully saturated rings. The molecule has 35 heavy (non-hydrogen) atoms. The van der Waals surface area contributed by atoms with Crippen LogP contribution in [0.5, 0.6) is 17.2 Å². The van der Waals surface area contributed by atoms with Crippen LogP contribution >= 0.6 is 69.8 Å². The second kappa shape index (κ2) is 11.4. The molecule has 0 saturated carbocycles. The fourth-order valence-electron chi connectivity index (χ4n) is 3.34. The van der Waals surface area contributed by atoms with Crippen molar-refractivity contribution in [3.63, 3.8) is 0 Å². The van der Waals surface area contributed by atoms with Gasteiger partial charge in [-0.3, -0.25) is 9.69 Å². The molecule has 10 heteroatoms.